The molecule has 0 saturated carbocycles. The first-order valence-electron chi connectivity index (χ1n) is 8.18. The van der Waals surface area contributed by atoms with Gasteiger partial charge in [-0.25, -0.2) is 4.79 Å². The molecule has 1 aliphatic heterocycles. The van der Waals surface area contributed by atoms with E-state index in [0.717, 1.165) is 29.5 Å². The number of aryl methyl sites for hydroxylation is 1. The first kappa shape index (κ1) is 15.8. The van der Waals surface area contributed by atoms with Gasteiger partial charge in [-0.15, -0.1) is 0 Å². The van der Waals surface area contributed by atoms with Gasteiger partial charge in [0.1, 0.15) is 6.10 Å². The Labute approximate surface area is 137 Å². The summed E-state index contributed by atoms with van der Waals surface area (Å²) < 4.78 is 10.9. The van der Waals surface area contributed by atoms with E-state index in [1.54, 1.807) is 0 Å². The lowest BCUT2D eigenvalue weighted by atomic mass is 9.95. The van der Waals surface area contributed by atoms with Crippen LogP contribution in [0.3, 0.4) is 0 Å². The van der Waals surface area contributed by atoms with E-state index in [2.05, 4.69) is 44.2 Å². The number of carbonyl (C=O) groups is 1. The molecule has 2 aromatic rings. The molecule has 1 saturated heterocycles. The predicted octanol–water partition coefficient (Wildman–Crippen LogP) is 4.45. The zero-order chi connectivity index (χ0) is 16.2. The Morgan fingerprint density at radius 1 is 1.17 bits per heavy atom. The second kappa shape index (κ2) is 6.97. The third kappa shape index (κ3) is 3.62. The fourth-order valence-electron chi connectivity index (χ4n) is 2.71. The molecule has 0 aromatic heterocycles. The van der Waals surface area contributed by atoms with Crippen molar-refractivity contribution in [3.63, 3.8) is 0 Å². The first-order chi connectivity index (χ1) is 11.2. The molecule has 23 heavy (non-hydrogen) atoms. The molecule has 0 amide bonds. The number of esters is 1. The molecular weight excluding hydrogens is 288 g/mol. The lowest BCUT2D eigenvalue weighted by molar-refractivity contribution is -0.145. The maximum Gasteiger partial charge on any atom is 0.338 e. The fourth-order valence-corrected chi connectivity index (χ4v) is 2.71. The monoisotopic (exact) mass is 310 g/mol. The molecule has 3 heteroatoms. The summed E-state index contributed by atoms with van der Waals surface area (Å²) in [6, 6.07) is 16.5. The van der Waals surface area contributed by atoms with Crippen LogP contribution in [0.2, 0.25) is 0 Å². The third-order valence-corrected chi connectivity index (χ3v) is 4.07. The summed E-state index contributed by atoms with van der Waals surface area (Å²) in [5, 5.41) is 0. The third-order valence-electron chi connectivity index (χ3n) is 4.07. The van der Waals surface area contributed by atoms with E-state index in [0.29, 0.717) is 6.61 Å². The molecule has 0 radical (unpaired) electrons. The second-order valence-electron chi connectivity index (χ2n) is 5.96. The maximum absolute atomic E-state index is 12.0. The first-order valence-corrected chi connectivity index (χ1v) is 8.18. The summed E-state index contributed by atoms with van der Waals surface area (Å²) in [4.78, 5) is 12.0. The van der Waals surface area contributed by atoms with Gasteiger partial charge < -0.3 is 9.47 Å². The normalized spacial score (nSPS) is 19.4. The number of hydrogen-bond donors (Lipinski definition) is 0. The van der Waals surface area contributed by atoms with Crippen molar-refractivity contribution in [3.05, 3.63) is 59.7 Å². The SMILES string of the molecule is CCCCOC(=O)C1OC1c1ccc(C)cc1-c1ccccc1. The lowest BCUT2D eigenvalue weighted by Gasteiger charge is -2.09. The van der Waals surface area contributed by atoms with Gasteiger partial charge in [-0.3, -0.25) is 0 Å². The summed E-state index contributed by atoms with van der Waals surface area (Å²) in [5.74, 6) is -0.247. The number of hydrogen-bond acceptors (Lipinski definition) is 3. The Hall–Kier alpha value is -2.13. The molecule has 1 heterocycles. The minimum absolute atomic E-state index is 0.195. The number of rotatable bonds is 6. The maximum atomic E-state index is 12.0. The molecule has 0 aliphatic carbocycles. The molecule has 2 aromatic carbocycles. The van der Waals surface area contributed by atoms with Crippen molar-refractivity contribution in [2.45, 2.75) is 38.9 Å². The van der Waals surface area contributed by atoms with Crippen LogP contribution in [0, 0.1) is 6.92 Å². The van der Waals surface area contributed by atoms with E-state index >= 15 is 0 Å². The Morgan fingerprint density at radius 3 is 2.70 bits per heavy atom. The summed E-state index contributed by atoms with van der Waals surface area (Å²) in [6.07, 6.45) is 1.25. The van der Waals surface area contributed by atoms with Crippen molar-refractivity contribution in [1.29, 1.82) is 0 Å². The standard InChI is InChI=1S/C20H22O3/c1-3-4-12-22-20(21)19-18(23-19)16-11-10-14(2)13-17(16)15-8-6-5-7-9-15/h5-11,13,18-19H,3-4,12H2,1-2H3. The van der Waals surface area contributed by atoms with Gasteiger partial charge in [0, 0.05) is 0 Å². The Bertz CT molecular complexity index is 679. The van der Waals surface area contributed by atoms with E-state index in [1.165, 1.54) is 5.56 Å². The molecule has 2 unspecified atom stereocenters. The number of carbonyl (C=O) groups excluding carboxylic acids is 1. The van der Waals surface area contributed by atoms with E-state index in [4.69, 9.17) is 9.47 Å². The Morgan fingerprint density at radius 2 is 1.96 bits per heavy atom. The second-order valence-corrected chi connectivity index (χ2v) is 5.96. The van der Waals surface area contributed by atoms with Crippen LogP contribution in [0.15, 0.2) is 48.5 Å². The van der Waals surface area contributed by atoms with Gasteiger partial charge in [0.2, 0.25) is 0 Å². The van der Waals surface area contributed by atoms with E-state index in [-0.39, 0.29) is 12.1 Å². The Kier molecular flexibility index (Phi) is 4.77. The lowest BCUT2D eigenvalue weighted by Crippen LogP contribution is -2.13. The minimum atomic E-state index is -0.461. The summed E-state index contributed by atoms with van der Waals surface area (Å²) in [7, 11) is 0. The fraction of sp³-hybridized carbons (Fsp3) is 0.350. The van der Waals surface area contributed by atoms with Gasteiger partial charge in [-0.1, -0.05) is 67.4 Å². The van der Waals surface area contributed by atoms with E-state index < -0.39 is 6.10 Å². The molecule has 3 nitrogen and oxygen atoms in total. The van der Waals surface area contributed by atoms with Crippen molar-refractivity contribution < 1.29 is 14.3 Å². The molecule has 3 rings (SSSR count). The van der Waals surface area contributed by atoms with Crippen molar-refractivity contribution >= 4 is 5.97 Å². The van der Waals surface area contributed by atoms with Gasteiger partial charge in [-0.05, 0) is 30.0 Å². The number of ether oxygens (including phenoxy) is 2. The topological polar surface area (TPSA) is 38.8 Å². The highest BCUT2D eigenvalue weighted by Gasteiger charge is 2.48. The predicted molar refractivity (Wildman–Crippen MR) is 90.1 cm³/mol. The summed E-state index contributed by atoms with van der Waals surface area (Å²) in [5.41, 5.74) is 4.51. The highest BCUT2D eigenvalue weighted by atomic mass is 16.6. The van der Waals surface area contributed by atoms with E-state index in [1.807, 2.05) is 18.2 Å². The Balaban J connectivity index is 1.78. The largest absolute Gasteiger partial charge is 0.464 e. The van der Waals surface area contributed by atoms with Crippen LogP contribution in [0.5, 0.6) is 0 Å². The molecule has 0 N–H and O–H groups in total. The molecule has 2 atom stereocenters. The van der Waals surface area contributed by atoms with Crippen LogP contribution < -0.4 is 0 Å². The molecule has 1 aliphatic rings. The van der Waals surface area contributed by atoms with E-state index in [9.17, 15) is 4.79 Å². The van der Waals surface area contributed by atoms with Crippen molar-refractivity contribution in [1.82, 2.24) is 0 Å². The zero-order valence-corrected chi connectivity index (χ0v) is 13.6. The highest BCUT2D eigenvalue weighted by Crippen LogP contribution is 2.44. The van der Waals surface area contributed by atoms with Crippen LogP contribution in [0.1, 0.15) is 37.0 Å². The number of unbranched alkanes of at least 4 members (excludes halogenated alkanes) is 1. The summed E-state index contributed by atoms with van der Waals surface area (Å²) in [6.45, 7) is 4.62. The highest BCUT2D eigenvalue weighted by molar-refractivity contribution is 5.80. The van der Waals surface area contributed by atoms with Crippen LogP contribution in [0.4, 0.5) is 0 Å². The van der Waals surface area contributed by atoms with Gasteiger partial charge in [0.25, 0.3) is 0 Å². The smallest absolute Gasteiger partial charge is 0.338 e. The van der Waals surface area contributed by atoms with Crippen molar-refractivity contribution in [2.24, 2.45) is 0 Å². The quantitative estimate of drug-likeness (QED) is 0.449. The van der Waals surface area contributed by atoms with Crippen LogP contribution in [0.25, 0.3) is 11.1 Å². The average Bonchev–Trinajstić information content (AvgIpc) is 3.36. The van der Waals surface area contributed by atoms with Crippen LogP contribution >= 0.6 is 0 Å². The van der Waals surface area contributed by atoms with Crippen LogP contribution in [-0.2, 0) is 14.3 Å². The molecular formula is C20H22O3. The van der Waals surface area contributed by atoms with Gasteiger partial charge in [-0.2, -0.15) is 0 Å². The molecule has 0 bridgehead atoms. The molecule has 0 spiro atoms. The van der Waals surface area contributed by atoms with Gasteiger partial charge in [0.05, 0.1) is 6.61 Å². The van der Waals surface area contributed by atoms with Crippen LogP contribution in [-0.4, -0.2) is 18.7 Å². The number of benzene rings is 2. The zero-order valence-electron chi connectivity index (χ0n) is 13.6. The van der Waals surface area contributed by atoms with Gasteiger partial charge >= 0.3 is 5.97 Å². The molecule has 120 valence electrons. The summed E-state index contributed by atoms with van der Waals surface area (Å²) >= 11 is 0. The minimum Gasteiger partial charge on any atom is -0.464 e. The molecule has 1 fully saturated rings. The average molecular weight is 310 g/mol. The van der Waals surface area contributed by atoms with Gasteiger partial charge in [0.15, 0.2) is 6.10 Å². The number of epoxide rings is 1. The van der Waals surface area contributed by atoms with Crippen molar-refractivity contribution in [2.75, 3.05) is 6.61 Å². The van der Waals surface area contributed by atoms with Crippen molar-refractivity contribution in [3.8, 4) is 11.1 Å².